The molecule has 4 aromatic rings. The highest BCUT2D eigenvalue weighted by Crippen LogP contribution is 2.30. The number of carbonyl (C=O) groups excluding carboxylic acids is 2. The predicted octanol–water partition coefficient (Wildman–Crippen LogP) is 6.90. The molecule has 0 aliphatic heterocycles. The second-order valence-corrected chi connectivity index (χ2v) is 14.1. The first kappa shape index (κ1) is 34.3. The Morgan fingerprint density at radius 2 is 1.49 bits per heavy atom. The summed E-state index contributed by atoms with van der Waals surface area (Å²) in [6.45, 7) is -0.723. The first-order valence-electron chi connectivity index (χ1n) is 15.5. The van der Waals surface area contributed by atoms with E-state index in [1.54, 1.807) is 60.7 Å². The molecule has 1 N–H and O–H groups in total. The minimum absolute atomic E-state index is 0.00614. The molecular weight excluding hydrogens is 657 g/mol. The van der Waals surface area contributed by atoms with Crippen molar-refractivity contribution >= 4 is 50.7 Å². The number of hydrogen-bond acceptors (Lipinski definition) is 5. The zero-order chi connectivity index (χ0) is 33.4. The lowest BCUT2D eigenvalue weighted by molar-refractivity contribution is -0.140. The highest BCUT2D eigenvalue weighted by Gasteiger charge is 2.36. The Labute approximate surface area is 286 Å². The van der Waals surface area contributed by atoms with Gasteiger partial charge < -0.3 is 15.0 Å². The molecule has 0 radical (unpaired) electrons. The largest absolute Gasteiger partial charge is 0.497 e. The van der Waals surface area contributed by atoms with Gasteiger partial charge in [0.15, 0.2) is 0 Å². The quantitative estimate of drug-likeness (QED) is 0.164. The molecule has 0 aromatic heterocycles. The maximum absolute atomic E-state index is 14.7. The number of rotatable bonds is 13. The van der Waals surface area contributed by atoms with Gasteiger partial charge in [0.05, 0.1) is 17.7 Å². The number of nitrogens with zero attached hydrogens (tertiary/aromatic N) is 2. The van der Waals surface area contributed by atoms with E-state index >= 15 is 0 Å². The van der Waals surface area contributed by atoms with E-state index in [1.807, 2.05) is 30.3 Å². The summed E-state index contributed by atoms with van der Waals surface area (Å²) in [7, 11) is -2.76. The third-order valence-electron chi connectivity index (χ3n) is 8.31. The molecule has 0 heterocycles. The molecule has 0 spiro atoms. The van der Waals surface area contributed by atoms with Crippen molar-refractivity contribution in [1.29, 1.82) is 0 Å². The van der Waals surface area contributed by atoms with Crippen molar-refractivity contribution in [3.8, 4) is 5.75 Å². The van der Waals surface area contributed by atoms with Crippen LogP contribution < -0.4 is 14.4 Å². The van der Waals surface area contributed by atoms with Gasteiger partial charge in [-0.1, -0.05) is 96.7 Å². The van der Waals surface area contributed by atoms with Crippen LogP contribution in [0.3, 0.4) is 0 Å². The lowest BCUT2D eigenvalue weighted by Gasteiger charge is -2.34. The molecule has 1 saturated carbocycles. The highest BCUT2D eigenvalue weighted by atomic mass is 35.5. The molecule has 1 fully saturated rings. The SMILES string of the molecule is COc1cccc(N(CC(=O)N(Cc2c(Cl)cccc2Cl)[C@@H](Cc2ccccc2)C(=O)NC2CCCC2)S(=O)(=O)c2ccccc2)c1. The van der Waals surface area contributed by atoms with Gasteiger partial charge in [-0.25, -0.2) is 8.42 Å². The zero-order valence-corrected chi connectivity index (χ0v) is 28.3. The Kier molecular flexibility index (Phi) is 11.4. The maximum atomic E-state index is 14.7. The fraction of sp³-hybridized carbons (Fsp3) is 0.278. The van der Waals surface area contributed by atoms with Gasteiger partial charge in [0.25, 0.3) is 10.0 Å². The minimum Gasteiger partial charge on any atom is -0.497 e. The Morgan fingerprint density at radius 1 is 0.872 bits per heavy atom. The van der Waals surface area contributed by atoms with Crippen molar-refractivity contribution in [3.05, 3.63) is 124 Å². The number of ether oxygens (including phenoxy) is 1. The number of benzene rings is 4. The molecule has 11 heteroatoms. The summed E-state index contributed by atoms with van der Waals surface area (Å²) in [5.41, 5.74) is 1.52. The summed E-state index contributed by atoms with van der Waals surface area (Å²) < 4.78 is 34.8. The van der Waals surface area contributed by atoms with Gasteiger partial charge in [0.1, 0.15) is 18.3 Å². The summed E-state index contributed by atoms with van der Waals surface area (Å²) in [5.74, 6) is -0.511. The molecule has 0 saturated heterocycles. The number of hydrogen-bond donors (Lipinski definition) is 1. The van der Waals surface area contributed by atoms with Crippen molar-refractivity contribution in [1.82, 2.24) is 10.2 Å². The predicted molar refractivity (Wildman–Crippen MR) is 185 cm³/mol. The number of nitrogens with one attached hydrogen (secondary N) is 1. The molecule has 47 heavy (non-hydrogen) atoms. The van der Waals surface area contributed by atoms with Crippen molar-refractivity contribution in [3.63, 3.8) is 0 Å². The molecular formula is C36H37Cl2N3O5S. The van der Waals surface area contributed by atoms with Gasteiger partial charge in [-0.3, -0.25) is 13.9 Å². The number of sulfonamides is 1. The molecule has 2 amide bonds. The lowest BCUT2D eigenvalue weighted by atomic mass is 10.0. The summed E-state index contributed by atoms with van der Waals surface area (Å²) in [5, 5.41) is 3.81. The van der Waals surface area contributed by atoms with Crippen LogP contribution >= 0.6 is 23.2 Å². The van der Waals surface area contributed by atoms with Gasteiger partial charge in [-0.2, -0.15) is 0 Å². The van der Waals surface area contributed by atoms with E-state index in [-0.39, 0.29) is 35.5 Å². The molecule has 1 aliphatic carbocycles. The smallest absolute Gasteiger partial charge is 0.264 e. The summed E-state index contributed by atoms with van der Waals surface area (Å²) in [6.07, 6.45) is 3.93. The number of amides is 2. The Hall–Kier alpha value is -4.05. The molecule has 1 aliphatic rings. The van der Waals surface area contributed by atoms with Gasteiger partial charge in [0.2, 0.25) is 11.8 Å². The van der Waals surface area contributed by atoms with E-state index < -0.39 is 28.5 Å². The molecule has 8 nitrogen and oxygen atoms in total. The number of methoxy groups -OCH3 is 1. The van der Waals surface area contributed by atoms with Gasteiger partial charge in [-0.05, 0) is 54.8 Å². The van der Waals surface area contributed by atoms with Crippen LogP contribution in [0.2, 0.25) is 10.0 Å². The molecule has 0 unspecified atom stereocenters. The highest BCUT2D eigenvalue weighted by molar-refractivity contribution is 7.92. The Morgan fingerprint density at radius 3 is 2.13 bits per heavy atom. The van der Waals surface area contributed by atoms with Crippen LogP contribution in [0, 0.1) is 0 Å². The van der Waals surface area contributed by atoms with Crippen LogP contribution in [0.4, 0.5) is 5.69 Å². The fourth-order valence-electron chi connectivity index (χ4n) is 5.79. The minimum atomic E-state index is -4.24. The summed E-state index contributed by atoms with van der Waals surface area (Å²) >= 11 is 13.2. The van der Waals surface area contributed by atoms with Crippen LogP contribution in [-0.2, 0) is 32.6 Å². The molecule has 1 atom stereocenters. The van der Waals surface area contributed by atoms with E-state index in [0.717, 1.165) is 35.6 Å². The average molecular weight is 695 g/mol. The molecule has 0 bridgehead atoms. The monoisotopic (exact) mass is 693 g/mol. The first-order chi connectivity index (χ1) is 22.7. The third-order valence-corrected chi connectivity index (χ3v) is 10.8. The average Bonchev–Trinajstić information content (AvgIpc) is 3.60. The number of halogens is 2. The van der Waals surface area contributed by atoms with Gasteiger partial charge in [0, 0.05) is 40.7 Å². The van der Waals surface area contributed by atoms with Crippen molar-refractivity contribution in [2.24, 2.45) is 0 Å². The van der Waals surface area contributed by atoms with E-state index in [9.17, 15) is 18.0 Å². The van der Waals surface area contributed by atoms with E-state index in [2.05, 4.69) is 5.32 Å². The van der Waals surface area contributed by atoms with Crippen molar-refractivity contribution in [2.75, 3.05) is 18.0 Å². The fourth-order valence-corrected chi connectivity index (χ4v) is 7.73. The van der Waals surface area contributed by atoms with Crippen LogP contribution in [0.1, 0.15) is 36.8 Å². The number of anilines is 1. The van der Waals surface area contributed by atoms with Gasteiger partial charge in [-0.15, -0.1) is 0 Å². The van der Waals surface area contributed by atoms with E-state index in [4.69, 9.17) is 27.9 Å². The topological polar surface area (TPSA) is 96.0 Å². The first-order valence-corrected chi connectivity index (χ1v) is 17.7. The number of carbonyl (C=O) groups is 2. The second-order valence-electron chi connectivity index (χ2n) is 11.4. The third kappa shape index (κ3) is 8.46. The normalized spacial score (nSPS) is 13.9. The summed E-state index contributed by atoms with van der Waals surface area (Å²) in [6, 6.07) is 27.8. The lowest BCUT2D eigenvalue weighted by Crippen LogP contribution is -2.54. The van der Waals surface area contributed by atoms with Crippen molar-refractivity contribution in [2.45, 2.75) is 55.6 Å². The van der Waals surface area contributed by atoms with Crippen LogP contribution in [0.25, 0.3) is 0 Å². The Balaban J connectivity index is 1.60. The molecule has 4 aromatic carbocycles. The van der Waals surface area contributed by atoms with E-state index in [1.165, 1.54) is 24.1 Å². The van der Waals surface area contributed by atoms with Crippen LogP contribution in [-0.4, -0.2) is 50.9 Å². The van der Waals surface area contributed by atoms with E-state index in [0.29, 0.717) is 21.4 Å². The summed E-state index contributed by atoms with van der Waals surface area (Å²) in [4.78, 5) is 30.2. The second kappa shape index (κ2) is 15.7. The van der Waals surface area contributed by atoms with Crippen LogP contribution in [0.5, 0.6) is 5.75 Å². The molecule has 5 rings (SSSR count). The maximum Gasteiger partial charge on any atom is 0.264 e. The Bertz CT molecular complexity index is 1760. The standard InChI is InChI=1S/C36H37Cl2N3O5S/c1-46-29-17-10-16-28(23-29)41(47(44,45)30-18-6-3-7-19-30)25-35(42)40(24-31-32(37)20-11-21-33(31)38)34(22-26-12-4-2-5-13-26)36(43)39-27-14-8-9-15-27/h2-7,10-13,16-21,23,27,34H,8-9,14-15,22,24-25H2,1H3,(H,39,43)/t34-/m0/s1. The van der Waals surface area contributed by atoms with Gasteiger partial charge >= 0.3 is 0 Å². The van der Waals surface area contributed by atoms with Crippen molar-refractivity contribution < 1.29 is 22.7 Å². The zero-order valence-electron chi connectivity index (χ0n) is 26.0. The van der Waals surface area contributed by atoms with Crippen LogP contribution in [0.15, 0.2) is 108 Å². The molecule has 246 valence electrons.